The van der Waals surface area contributed by atoms with E-state index < -0.39 is 0 Å². The fourth-order valence-corrected chi connectivity index (χ4v) is 3.10. The summed E-state index contributed by atoms with van der Waals surface area (Å²) in [4.78, 5) is 22.5. The molecule has 0 unspecified atom stereocenters. The Morgan fingerprint density at radius 2 is 2.17 bits per heavy atom. The van der Waals surface area contributed by atoms with Crippen LogP contribution in [0.25, 0.3) is 0 Å². The molecule has 120 valence electrons. The van der Waals surface area contributed by atoms with E-state index in [9.17, 15) is 4.79 Å². The summed E-state index contributed by atoms with van der Waals surface area (Å²) in [6.07, 6.45) is 9.33. The van der Waals surface area contributed by atoms with Gasteiger partial charge < -0.3 is 10.2 Å². The van der Waals surface area contributed by atoms with Gasteiger partial charge >= 0.3 is 0 Å². The van der Waals surface area contributed by atoms with E-state index in [0.717, 1.165) is 19.3 Å². The van der Waals surface area contributed by atoms with Gasteiger partial charge in [-0.15, -0.1) is 0 Å². The average molecular weight is 310 g/mol. The summed E-state index contributed by atoms with van der Waals surface area (Å²) in [5.74, 6) is 0.712. The first-order chi connectivity index (χ1) is 11.2. The van der Waals surface area contributed by atoms with Crippen LogP contribution in [0.1, 0.15) is 36.4 Å². The predicted molar refractivity (Wildman–Crippen MR) is 90.2 cm³/mol. The minimum absolute atomic E-state index is 0.0138. The van der Waals surface area contributed by atoms with Crippen molar-refractivity contribution in [3.63, 3.8) is 0 Å². The Bertz CT molecular complexity index is 659. The van der Waals surface area contributed by atoms with E-state index in [4.69, 9.17) is 0 Å². The van der Waals surface area contributed by atoms with Gasteiger partial charge in [-0.2, -0.15) is 0 Å². The van der Waals surface area contributed by atoms with Gasteiger partial charge in [-0.25, -0.2) is 4.98 Å². The number of nitrogens with zero attached hydrogens (tertiary/aromatic N) is 3. The maximum atomic E-state index is 12.4. The van der Waals surface area contributed by atoms with Gasteiger partial charge in [0.2, 0.25) is 5.91 Å². The van der Waals surface area contributed by atoms with Crippen LogP contribution in [0, 0.1) is 0 Å². The number of nitrogens with one attached hydrogen (secondary N) is 1. The van der Waals surface area contributed by atoms with E-state index in [1.807, 2.05) is 11.9 Å². The van der Waals surface area contributed by atoms with E-state index in [-0.39, 0.29) is 18.5 Å². The van der Waals surface area contributed by atoms with Gasteiger partial charge in [0.05, 0.1) is 18.8 Å². The fraction of sp³-hybridized carbons (Fsp3) is 0.389. The maximum Gasteiger partial charge on any atom is 0.240 e. The van der Waals surface area contributed by atoms with Crippen molar-refractivity contribution in [3.05, 3.63) is 54.0 Å². The van der Waals surface area contributed by atoms with Crippen LogP contribution in [-0.4, -0.2) is 29.5 Å². The van der Waals surface area contributed by atoms with Crippen LogP contribution < -0.4 is 10.2 Å². The second-order valence-electron chi connectivity index (χ2n) is 5.98. The number of carbonyl (C=O) groups is 1. The standard InChI is InChI=1S/C18H22N4O/c1-22(17-12-19-10-11-20-17)13-18(23)21-16-9-5-3-7-14-6-2-4-8-15(14)16/h2,4,6,8,10-12,16H,3,5,7,9,13H2,1H3,(H,21,23)/t16-/m0/s1. The first-order valence-corrected chi connectivity index (χ1v) is 8.08. The van der Waals surface area contributed by atoms with Crippen LogP contribution in [0.5, 0.6) is 0 Å². The number of hydrogen-bond acceptors (Lipinski definition) is 4. The number of carbonyl (C=O) groups excluding carboxylic acids is 1. The van der Waals surface area contributed by atoms with Crippen LogP contribution in [0.4, 0.5) is 5.82 Å². The Morgan fingerprint density at radius 1 is 1.30 bits per heavy atom. The highest BCUT2D eigenvalue weighted by Gasteiger charge is 2.20. The molecule has 5 heteroatoms. The summed E-state index contributed by atoms with van der Waals surface area (Å²) >= 11 is 0. The molecule has 1 heterocycles. The summed E-state index contributed by atoms with van der Waals surface area (Å²) in [7, 11) is 1.85. The van der Waals surface area contributed by atoms with Crippen molar-refractivity contribution >= 4 is 11.7 Å². The van der Waals surface area contributed by atoms with Crippen LogP contribution in [0.3, 0.4) is 0 Å². The second-order valence-corrected chi connectivity index (χ2v) is 5.98. The van der Waals surface area contributed by atoms with Gasteiger partial charge in [0, 0.05) is 19.4 Å². The molecule has 1 aliphatic carbocycles. The lowest BCUT2D eigenvalue weighted by molar-refractivity contribution is -0.120. The number of aromatic nitrogens is 2. The van der Waals surface area contributed by atoms with Crippen molar-refractivity contribution < 1.29 is 4.79 Å². The molecule has 23 heavy (non-hydrogen) atoms. The lowest BCUT2D eigenvalue weighted by atomic mass is 9.99. The number of aryl methyl sites for hydroxylation is 1. The minimum atomic E-state index is 0.0138. The van der Waals surface area contributed by atoms with Crippen LogP contribution >= 0.6 is 0 Å². The molecule has 1 aliphatic rings. The van der Waals surface area contributed by atoms with Crippen molar-refractivity contribution in [1.29, 1.82) is 0 Å². The Hall–Kier alpha value is -2.43. The topological polar surface area (TPSA) is 58.1 Å². The van der Waals surface area contributed by atoms with Crippen LogP contribution in [0.2, 0.25) is 0 Å². The van der Waals surface area contributed by atoms with E-state index in [1.165, 1.54) is 17.5 Å². The maximum absolute atomic E-state index is 12.4. The van der Waals surface area contributed by atoms with Crippen LogP contribution in [0.15, 0.2) is 42.9 Å². The average Bonchev–Trinajstić information content (AvgIpc) is 2.78. The molecule has 2 aromatic rings. The fourth-order valence-electron chi connectivity index (χ4n) is 3.10. The first-order valence-electron chi connectivity index (χ1n) is 8.08. The number of hydrogen-bond donors (Lipinski definition) is 1. The van der Waals surface area contributed by atoms with Crippen LogP contribution in [-0.2, 0) is 11.2 Å². The quantitative estimate of drug-likeness (QED) is 0.882. The normalized spacial score (nSPS) is 17.0. The molecule has 0 radical (unpaired) electrons. The molecule has 5 nitrogen and oxygen atoms in total. The molecule has 1 aromatic heterocycles. The van der Waals surface area contributed by atoms with E-state index in [0.29, 0.717) is 5.82 Å². The first kappa shape index (κ1) is 15.5. The molecule has 0 saturated heterocycles. The number of anilines is 1. The van der Waals surface area contributed by atoms with E-state index in [1.54, 1.807) is 18.6 Å². The third-order valence-corrected chi connectivity index (χ3v) is 4.28. The third kappa shape index (κ3) is 3.86. The largest absolute Gasteiger partial charge is 0.349 e. The summed E-state index contributed by atoms with van der Waals surface area (Å²) in [5, 5.41) is 3.19. The Labute approximate surface area is 136 Å². The number of amides is 1. The van der Waals surface area contributed by atoms with Crippen molar-refractivity contribution in [3.8, 4) is 0 Å². The molecule has 0 bridgehead atoms. The highest BCUT2D eigenvalue weighted by Crippen LogP contribution is 2.28. The van der Waals surface area contributed by atoms with E-state index in [2.05, 4.69) is 39.6 Å². The molecule has 1 amide bonds. The molecule has 1 atom stereocenters. The zero-order valence-corrected chi connectivity index (χ0v) is 13.4. The van der Waals surface area contributed by atoms with Crippen molar-refractivity contribution in [2.24, 2.45) is 0 Å². The van der Waals surface area contributed by atoms with Crippen molar-refractivity contribution in [2.75, 3.05) is 18.5 Å². The third-order valence-electron chi connectivity index (χ3n) is 4.28. The second kappa shape index (κ2) is 7.22. The monoisotopic (exact) mass is 310 g/mol. The van der Waals surface area contributed by atoms with Gasteiger partial charge in [-0.05, 0) is 30.4 Å². The number of likely N-dealkylation sites (N-methyl/N-ethyl adjacent to an activating group) is 1. The molecule has 0 saturated carbocycles. The Morgan fingerprint density at radius 3 is 3.00 bits per heavy atom. The molecule has 0 spiro atoms. The number of rotatable bonds is 4. The van der Waals surface area contributed by atoms with Gasteiger partial charge in [-0.3, -0.25) is 9.78 Å². The Kier molecular flexibility index (Phi) is 4.86. The number of fused-ring (bicyclic) bond motifs is 1. The highest BCUT2D eigenvalue weighted by molar-refractivity contribution is 5.81. The molecule has 0 fully saturated rings. The smallest absolute Gasteiger partial charge is 0.240 e. The highest BCUT2D eigenvalue weighted by atomic mass is 16.2. The molecular formula is C18H22N4O. The zero-order valence-electron chi connectivity index (χ0n) is 13.4. The predicted octanol–water partition coefficient (Wildman–Crippen LogP) is 2.50. The Balaban J connectivity index is 1.66. The van der Waals surface area contributed by atoms with Crippen molar-refractivity contribution in [2.45, 2.75) is 31.7 Å². The van der Waals surface area contributed by atoms with Gasteiger partial charge in [0.15, 0.2) is 0 Å². The molecular weight excluding hydrogens is 288 g/mol. The summed E-state index contributed by atoms with van der Waals surface area (Å²) < 4.78 is 0. The van der Waals surface area contributed by atoms with Gasteiger partial charge in [0.1, 0.15) is 5.82 Å². The SMILES string of the molecule is CN(CC(=O)N[C@H]1CCCCc2ccccc21)c1cnccn1. The van der Waals surface area contributed by atoms with Gasteiger partial charge in [-0.1, -0.05) is 30.7 Å². The van der Waals surface area contributed by atoms with E-state index >= 15 is 0 Å². The summed E-state index contributed by atoms with van der Waals surface area (Å²) in [5.41, 5.74) is 2.62. The molecule has 3 rings (SSSR count). The molecule has 1 N–H and O–H groups in total. The van der Waals surface area contributed by atoms with Gasteiger partial charge in [0.25, 0.3) is 0 Å². The molecule has 1 aromatic carbocycles. The minimum Gasteiger partial charge on any atom is -0.349 e. The zero-order chi connectivity index (χ0) is 16.1. The molecule has 0 aliphatic heterocycles. The number of benzene rings is 1. The lowest BCUT2D eigenvalue weighted by Gasteiger charge is -2.22. The van der Waals surface area contributed by atoms with Crippen molar-refractivity contribution in [1.82, 2.24) is 15.3 Å². The summed E-state index contributed by atoms with van der Waals surface area (Å²) in [6.45, 7) is 0.275. The summed E-state index contributed by atoms with van der Waals surface area (Å²) in [6, 6.07) is 8.54. The lowest BCUT2D eigenvalue weighted by Crippen LogP contribution is -2.37.